The van der Waals surface area contributed by atoms with Crippen LogP contribution in [-0.2, 0) is 22.6 Å². The van der Waals surface area contributed by atoms with E-state index in [0.717, 1.165) is 27.9 Å². The molecule has 0 saturated carbocycles. The van der Waals surface area contributed by atoms with Gasteiger partial charge in [0.05, 0.1) is 25.5 Å². The number of benzene rings is 3. The number of aromatic nitrogens is 3. The van der Waals surface area contributed by atoms with Crippen LogP contribution in [0.15, 0.2) is 72.9 Å². The zero-order chi connectivity index (χ0) is 31.3. The predicted octanol–water partition coefficient (Wildman–Crippen LogP) is 3.35. The Balaban J connectivity index is 1.35. The summed E-state index contributed by atoms with van der Waals surface area (Å²) in [6, 6.07) is 19.4. The minimum atomic E-state index is -0.939. The number of nitrogens with one attached hydrogen (secondary N) is 3. The Kier molecular flexibility index (Phi) is 9.48. The minimum absolute atomic E-state index is 0.0494. The van der Waals surface area contributed by atoms with Crippen molar-refractivity contribution in [2.24, 2.45) is 0 Å². The average Bonchev–Trinajstić information content (AvgIpc) is 3.52. The number of amides is 2. The molecule has 0 spiro atoms. The van der Waals surface area contributed by atoms with E-state index in [1.165, 1.54) is 12.1 Å². The van der Waals surface area contributed by atoms with Gasteiger partial charge < -0.3 is 25.7 Å². The number of aliphatic hydroxyl groups is 2. The maximum Gasteiger partial charge on any atom is 0.249 e. The number of anilines is 1. The fourth-order valence-corrected chi connectivity index (χ4v) is 5.48. The Morgan fingerprint density at radius 2 is 1.89 bits per heavy atom. The molecule has 2 heterocycles. The molecule has 4 aromatic rings. The van der Waals surface area contributed by atoms with Crippen LogP contribution in [-0.4, -0.2) is 68.3 Å². The molecule has 0 radical (unpaired) electrons. The first-order valence-corrected chi connectivity index (χ1v) is 14.6. The van der Waals surface area contributed by atoms with Crippen LogP contribution in [0.2, 0.25) is 0 Å². The number of hydrogen-bond donors (Lipinski definition) is 5. The van der Waals surface area contributed by atoms with Crippen LogP contribution in [0.3, 0.4) is 0 Å². The lowest BCUT2D eigenvalue weighted by molar-refractivity contribution is -0.128. The van der Waals surface area contributed by atoms with Crippen LogP contribution in [0.25, 0.3) is 22.4 Å². The van der Waals surface area contributed by atoms with Gasteiger partial charge in [-0.15, -0.1) is 5.10 Å². The molecular formula is C33H37FN6O4. The van der Waals surface area contributed by atoms with E-state index in [0.29, 0.717) is 24.1 Å². The van der Waals surface area contributed by atoms with E-state index in [9.17, 15) is 19.1 Å². The number of hydrogen-bond acceptors (Lipinski definition) is 7. The quantitative estimate of drug-likeness (QED) is 0.178. The lowest BCUT2D eigenvalue weighted by Crippen LogP contribution is -2.51. The monoisotopic (exact) mass is 600 g/mol. The number of aliphatic hydroxyl groups excluding tert-OH is 2. The summed E-state index contributed by atoms with van der Waals surface area (Å²) >= 11 is 0. The molecule has 1 aromatic heterocycles. The van der Waals surface area contributed by atoms with E-state index in [1.807, 2.05) is 62.4 Å². The van der Waals surface area contributed by atoms with E-state index >= 15 is 0 Å². The molecule has 0 bridgehead atoms. The second-order valence-electron chi connectivity index (χ2n) is 11.7. The normalized spacial score (nSPS) is 15.9. The summed E-state index contributed by atoms with van der Waals surface area (Å²) in [5.74, 6) is -0.983. The van der Waals surface area contributed by atoms with Crippen molar-refractivity contribution in [3.05, 3.63) is 89.9 Å². The van der Waals surface area contributed by atoms with Gasteiger partial charge in [0.1, 0.15) is 17.6 Å². The Hall–Kier alpha value is -4.45. The highest BCUT2D eigenvalue weighted by molar-refractivity contribution is 6.00. The van der Waals surface area contributed by atoms with E-state index < -0.39 is 17.7 Å². The summed E-state index contributed by atoms with van der Waals surface area (Å²) < 4.78 is 14.2. The third-order valence-corrected chi connectivity index (χ3v) is 7.79. The van der Waals surface area contributed by atoms with Crippen LogP contribution in [0, 0.1) is 5.82 Å². The van der Waals surface area contributed by atoms with Gasteiger partial charge in [0, 0.05) is 29.8 Å². The second-order valence-corrected chi connectivity index (χ2v) is 11.7. The molecule has 230 valence electrons. The lowest BCUT2D eigenvalue weighted by Gasteiger charge is -2.29. The van der Waals surface area contributed by atoms with Crippen LogP contribution in [0.5, 0.6) is 0 Å². The Morgan fingerprint density at radius 3 is 2.59 bits per heavy atom. The molecule has 2 amide bonds. The molecule has 1 aliphatic heterocycles. The highest BCUT2D eigenvalue weighted by Crippen LogP contribution is 2.32. The van der Waals surface area contributed by atoms with Crippen molar-refractivity contribution in [3.8, 4) is 22.4 Å². The predicted molar refractivity (Wildman–Crippen MR) is 165 cm³/mol. The maximum atomic E-state index is 14.2. The van der Waals surface area contributed by atoms with Crippen molar-refractivity contribution >= 4 is 17.5 Å². The number of fused-ring (bicyclic) bond motifs is 1. The second kappa shape index (κ2) is 13.5. The van der Waals surface area contributed by atoms with Crippen LogP contribution in [0.4, 0.5) is 10.1 Å². The van der Waals surface area contributed by atoms with Crippen LogP contribution >= 0.6 is 0 Å². The number of aryl methyl sites for hydroxylation is 1. The van der Waals surface area contributed by atoms with Crippen LogP contribution in [0.1, 0.15) is 37.8 Å². The first-order valence-electron chi connectivity index (χ1n) is 14.6. The number of carbonyl (C=O) groups is 2. The number of H-pyrrole nitrogens is 1. The zero-order valence-corrected chi connectivity index (χ0v) is 24.8. The first-order chi connectivity index (χ1) is 21.1. The van der Waals surface area contributed by atoms with Gasteiger partial charge in [-0.05, 0) is 67.1 Å². The van der Waals surface area contributed by atoms with Gasteiger partial charge in [0.15, 0.2) is 0 Å². The maximum absolute atomic E-state index is 14.2. The fraction of sp³-hybridized carbons (Fsp3) is 0.333. The topological polar surface area (TPSA) is 143 Å². The molecule has 0 aliphatic carbocycles. The van der Waals surface area contributed by atoms with Gasteiger partial charge in [-0.2, -0.15) is 0 Å². The fourth-order valence-electron chi connectivity index (χ4n) is 5.48. The summed E-state index contributed by atoms with van der Waals surface area (Å²) in [5.41, 5.74) is 5.15. The SMILES string of the molecule is CC(C)(CC(=O)N[C@@H]1CCc2cc(F)ccc2N(Cc2ccc(-c3ccccc3-c3c[nH]nn3)cc2)C1=O)NC[C@H](O)CO. The Labute approximate surface area is 255 Å². The first kappa shape index (κ1) is 31.0. The molecule has 5 N–H and O–H groups in total. The van der Waals surface area contributed by atoms with E-state index in [4.69, 9.17) is 5.11 Å². The molecule has 1 aliphatic rings. The Bertz CT molecular complexity index is 1590. The van der Waals surface area contributed by atoms with E-state index in [1.54, 1.807) is 17.2 Å². The Morgan fingerprint density at radius 1 is 1.14 bits per heavy atom. The van der Waals surface area contributed by atoms with Gasteiger partial charge in [-0.1, -0.05) is 53.7 Å². The number of rotatable bonds is 11. The summed E-state index contributed by atoms with van der Waals surface area (Å²) in [4.78, 5) is 28.6. The molecule has 0 saturated heterocycles. The highest BCUT2D eigenvalue weighted by Gasteiger charge is 2.33. The molecule has 0 unspecified atom stereocenters. The van der Waals surface area contributed by atoms with Gasteiger partial charge in [-0.25, -0.2) is 4.39 Å². The van der Waals surface area contributed by atoms with Gasteiger partial charge >= 0.3 is 0 Å². The highest BCUT2D eigenvalue weighted by atomic mass is 19.1. The molecule has 11 heteroatoms. The van der Waals surface area contributed by atoms with Crippen molar-refractivity contribution < 1.29 is 24.2 Å². The van der Waals surface area contributed by atoms with Gasteiger partial charge in [-0.3, -0.25) is 14.7 Å². The van der Waals surface area contributed by atoms with E-state index in [-0.39, 0.29) is 43.7 Å². The molecule has 3 aromatic carbocycles. The number of aromatic amines is 1. The molecule has 0 fully saturated rings. The zero-order valence-electron chi connectivity index (χ0n) is 24.8. The number of carbonyl (C=O) groups excluding carboxylic acids is 2. The van der Waals surface area contributed by atoms with Crippen molar-refractivity contribution in [1.29, 1.82) is 0 Å². The van der Waals surface area contributed by atoms with Crippen LogP contribution < -0.4 is 15.5 Å². The van der Waals surface area contributed by atoms with E-state index in [2.05, 4.69) is 26.0 Å². The summed E-state index contributed by atoms with van der Waals surface area (Å²) in [5, 5.41) is 35.4. The number of nitrogens with zero attached hydrogens (tertiary/aromatic N) is 3. The van der Waals surface area contributed by atoms with Gasteiger partial charge in [0.2, 0.25) is 11.8 Å². The van der Waals surface area contributed by atoms with Crippen molar-refractivity contribution in [2.75, 3.05) is 18.1 Å². The standard InChI is InChI=1S/C33H37FN6O4/c1-33(2,35-17-25(42)20-41)16-31(43)37-28-13-11-23-15-24(34)12-14-30(23)40(32(28)44)19-21-7-9-22(10-8-21)26-5-3-4-6-27(26)29-18-36-39-38-29/h3-10,12,14-15,18,25,28,35,41-42H,11,13,16-17,19-20H2,1-2H3,(H,37,43)(H,36,38,39)/t25-,28+/m0/s1. The van der Waals surface area contributed by atoms with Gasteiger partial charge in [0.25, 0.3) is 0 Å². The minimum Gasteiger partial charge on any atom is -0.394 e. The molecule has 2 atom stereocenters. The molecular weight excluding hydrogens is 563 g/mol. The number of β-amino-alcohol motifs (C(OH)–C–C–N with tert-alkyl or cyclic N) is 1. The molecule has 5 rings (SSSR count). The molecule has 10 nitrogen and oxygen atoms in total. The third-order valence-electron chi connectivity index (χ3n) is 7.79. The largest absolute Gasteiger partial charge is 0.394 e. The van der Waals surface area contributed by atoms with Crippen molar-refractivity contribution in [1.82, 2.24) is 26.0 Å². The summed E-state index contributed by atoms with van der Waals surface area (Å²) in [6.07, 6.45) is 1.60. The van der Waals surface area contributed by atoms with Crippen molar-refractivity contribution in [2.45, 2.75) is 57.3 Å². The number of halogens is 1. The molecule has 44 heavy (non-hydrogen) atoms. The smallest absolute Gasteiger partial charge is 0.249 e. The average molecular weight is 601 g/mol. The summed E-state index contributed by atoms with van der Waals surface area (Å²) in [6.45, 7) is 3.59. The third kappa shape index (κ3) is 7.36. The van der Waals surface area contributed by atoms with Crippen molar-refractivity contribution in [3.63, 3.8) is 0 Å². The summed E-state index contributed by atoms with van der Waals surface area (Å²) in [7, 11) is 0. The lowest BCUT2D eigenvalue weighted by atomic mass is 9.97.